The van der Waals surface area contributed by atoms with Crippen molar-refractivity contribution in [2.24, 2.45) is 0 Å². The summed E-state index contributed by atoms with van der Waals surface area (Å²) in [5.74, 6) is 0.177. The number of amides is 1. The van der Waals surface area contributed by atoms with Gasteiger partial charge in [0.15, 0.2) is 5.58 Å². The van der Waals surface area contributed by atoms with Crippen LogP contribution in [0, 0.1) is 0 Å². The van der Waals surface area contributed by atoms with Gasteiger partial charge in [-0.1, -0.05) is 0 Å². The van der Waals surface area contributed by atoms with Gasteiger partial charge in [-0.05, 0) is 30.3 Å². The van der Waals surface area contributed by atoms with Gasteiger partial charge in [0, 0.05) is 11.6 Å². The molecule has 23 heavy (non-hydrogen) atoms. The number of rotatable bonds is 4. The molecule has 7 heteroatoms. The Kier molecular flexibility index (Phi) is 3.76. The molecule has 3 rings (SSSR count). The number of aromatic nitrogens is 1. The molecule has 0 atom stereocenters. The van der Waals surface area contributed by atoms with Crippen LogP contribution in [0.3, 0.4) is 0 Å². The molecule has 1 amide bonds. The number of benzene rings is 2. The second-order valence-corrected chi connectivity index (χ2v) is 4.75. The molecule has 0 aliphatic rings. The van der Waals surface area contributed by atoms with Gasteiger partial charge in [0.25, 0.3) is 5.91 Å². The Morgan fingerprint density at radius 3 is 2.70 bits per heavy atom. The third kappa shape index (κ3) is 2.89. The third-order valence-electron chi connectivity index (χ3n) is 3.34. The summed E-state index contributed by atoms with van der Waals surface area (Å²) in [5.41, 5.74) is 1.68. The van der Waals surface area contributed by atoms with Gasteiger partial charge in [-0.25, -0.2) is 4.79 Å². The molecule has 1 heterocycles. The molecule has 2 N–H and O–H groups in total. The number of fused-ring (bicyclic) bond motifs is 1. The van der Waals surface area contributed by atoms with Gasteiger partial charge in [0.1, 0.15) is 11.5 Å². The second kappa shape index (κ2) is 5.88. The van der Waals surface area contributed by atoms with E-state index in [-0.39, 0.29) is 5.91 Å². The second-order valence-electron chi connectivity index (χ2n) is 4.75. The van der Waals surface area contributed by atoms with Crippen LogP contribution in [0.1, 0.15) is 10.4 Å². The summed E-state index contributed by atoms with van der Waals surface area (Å²) in [4.78, 5) is 26.1. The molecule has 0 aliphatic carbocycles. The van der Waals surface area contributed by atoms with Gasteiger partial charge in [-0.2, -0.15) is 0 Å². The van der Waals surface area contributed by atoms with Crippen LogP contribution in [0.5, 0.6) is 11.5 Å². The van der Waals surface area contributed by atoms with E-state index in [0.29, 0.717) is 33.8 Å². The number of aromatic amines is 1. The van der Waals surface area contributed by atoms with Crippen LogP contribution in [-0.4, -0.2) is 25.1 Å². The summed E-state index contributed by atoms with van der Waals surface area (Å²) in [6, 6.07) is 9.78. The average molecular weight is 314 g/mol. The van der Waals surface area contributed by atoms with Crippen LogP contribution in [-0.2, 0) is 0 Å². The maximum absolute atomic E-state index is 12.4. The average Bonchev–Trinajstić information content (AvgIpc) is 2.93. The largest absolute Gasteiger partial charge is 0.497 e. The summed E-state index contributed by atoms with van der Waals surface area (Å²) in [5, 5.41) is 2.75. The van der Waals surface area contributed by atoms with Gasteiger partial charge < -0.3 is 19.2 Å². The van der Waals surface area contributed by atoms with E-state index in [0.717, 1.165) is 0 Å². The predicted molar refractivity (Wildman–Crippen MR) is 84.3 cm³/mol. The van der Waals surface area contributed by atoms with Gasteiger partial charge in [-0.3, -0.25) is 9.78 Å². The topological polar surface area (TPSA) is 93.6 Å². The lowest BCUT2D eigenvalue weighted by Gasteiger charge is -2.11. The van der Waals surface area contributed by atoms with E-state index in [1.54, 1.807) is 30.3 Å². The van der Waals surface area contributed by atoms with E-state index < -0.39 is 5.76 Å². The van der Waals surface area contributed by atoms with Crippen LogP contribution >= 0.6 is 0 Å². The van der Waals surface area contributed by atoms with Crippen molar-refractivity contribution in [1.82, 2.24) is 4.98 Å². The number of H-pyrrole nitrogens is 1. The molecule has 118 valence electrons. The van der Waals surface area contributed by atoms with Crippen LogP contribution in [0.4, 0.5) is 5.69 Å². The lowest BCUT2D eigenvalue weighted by Crippen LogP contribution is -2.12. The maximum atomic E-state index is 12.4. The lowest BCUT2D eigenvalue weighted by atomic mass is 10.2. The fraction of sp³-hybridized carbons (Fsp3) is 0.125. The first-order valence-corrected chi connectivity index (χ1v) is 6.77. The molecule has 0 spiro atoms. The zero-order valence-electron chi connectivity index (χ0n) is 12.5. The van der Waals surface area contributed by atoms with Crippen molar-refractivity contribution in [3.05, 3.63) is 52.5 Å². The zero-order valence-corrected chi connectivity index (χ0v) is 12.5. The molecule has 0 radical (unpaired) electrons. The first kappa shape index (κ1) is 14.7. The Morgan fingerprint density at radius 1 is 1.13 bits per heavy atom. The highest BCUT2D eigenvalue weighted by molar-refractivity contribution is 6.06. The minimum atomic E-state index is -0.563. The van der Waals surface area contributed by atoms with Gasteiger partial charge in [0.2, 0.25) is 0 Å². The van der Waals surface area contributed by atoms with Crippen molar-refractivity contribution >= 4 is 22.7 Å². The Bertz CT molecular complexity index is 926. The summed E-state index contributed by atoms with van der Waals surface area (Å²) >= 11 is 0. The van der Waals surface area contributed by atoms with Crippen molar-refractivity contribution in [3.8, 4) is 11.5 Å². The number of anilines is 1. The van der Waals surface area contributed by atoms with Gasteiger partial charge in [0.05, 0.1) is 25.4 Å². The Balaban J connectivity index is 1.92. The van der Waals surface area contributed by atoms with E-state index in [1.165, 1.54) is 20.3 Å². The lowest BCUT2D eigenvalue weighted by molar-refractivity contribution is 0.102. The number of ether oxygens (including phenoxy) is 2. The van der Waals surface area contributed by atoms with Crippen LogP contribution in [0.2, 0.25) is 0 Å². The van der Waals surface area contributed by atoms with Crippen molar-refractivity contribution in [2.75, 3.05) is 19.5 Å². The summed E-state index contributed by atoms with van der Waals surface area (Å²) in [7, 11) is 3.05. The van der Waals surface area contributed by atoms with E-state index >= 15 is 0 Å². The minimum absolute atomic E-state index is 0.320. The first-order chi connectivity index (χ1) is 11.1. The molecule has 0 saturated heterocycles. The molecule has 0 bridgehead atoms. The Hall–Kier alpha value is -3.22. The number of carbonyl (C=O) groups is 1. The molecule has 0 saturated carbocycles. The van der Waals surface area contributed by atoms with E-state index in [9.17, 15) is 9.59 Å². The molecule has 2 aromatic carbocycles. The van der Waals surface area contributed by atoms with E-state index in [4.69, 9.17) is 13.9 Å². The summed E-state index contributed by atoms with van der Waals surface area (Å²) in [6.07, 6.45) is 0. The van der Waals surface area contributed by atoms with Crippen LogP contribution < -0.4 is 20.5 Å². The highest BCUT2D eigenvalue weighted by atomic mass is 16.5. The molecular formula is C16H14N2O5. The van der Waals surface area contributed by atoms with E-state index in [1.807, 2.05) is 0 Å². The SMILES string of the molecule is COc1ccc(OC)c(NC(=O)c2ccc3[nH]c(=O)oc3c2)c1. The highest BCUT2D eigenvalue weighted by Gasteiger charge is 2.12. The first-order valence-electron chi connectivity index (χ1n) is 6.77. The molecule has 0 fully saturated rings. The minimum Gasteiger partial charge on any atom is -0.497 e. The Morgan fingerprint density at radius 2 is 1.96 bits per heavy atom. The number of methoxy groups -OCH3 is 2. The number of carbonyl (C=O) groups excluding carboxylic acids is 1. The molecule has 1 aromatic heterocycles. The number of hydrogen-bond donors (Lipinski definition) is 2. The molecular weight excluding hydrogens is 300 g/mol. The van der Waals surface area contributed by atoms with Crippen LogP contribution in [0.25, 0.3) is 11.1 Å². The molecule has 7 nitrogen and oxygen atoms in total. The third-order valence-corrected chi connectivity index (χ3v) is 3.34. The van der Waals surface area contributed by atoms with Crippen molar-refractivity contribution in [3.63, 3.8) is 0 Å². The number of oxazole rings is 1. The Labute approximate surface area is 130 Å². The quantitative estimate of drug-likeness (QED) is 0.771. The van der Waals surface area contributed by atoms with Crippen LogP contribution in [0.15, 0.2) is 45.6 Å². The zero-order chi connectivity index (χ0) is 16.4. The fourth-order valence-electron chi connectivity index (χ4n) is 2.19. The normalized spacial score (nSPS) is 10.5. The molecule has 0 aliphatic heterocycles. The van der Waals surface area contributed by atoms with Crippen molar-refractivity contribution < 1.29 is 18.7 Å². The number of nitrogens with one attached hydrogen (secondary N) is 2. The van der Waals surface area contributed by atoms with Crippen molar-refractivity contribution in [2.45, 2.75) is 0 Å². The standard InChI is InChI=1S/C16H14N2O5/c1-21-10-4-6-13(22-2)12(8-10)17-15(19)9-3-5-11-14(7-9)23-16(20)18-11/h3-8H,1-2H3,(H,17,19)(H,18,20). The van der Waals surface area contributed by atoms with E-state index in [2.05, 4.69) is 10.3 Å². The van der Waals surface area contributed by atoms with Gasteiger partial charge >= 0.3 is 5.76 Å². The maximum Gasteiger partial charge on any atom is 0.417 e. The van der Waals surface area contributed by atoms with Crippen molar-refractivity contribution in [1.29, 1.82) is 0 Å². The molecule has 3 aromatic rings. The fourth-order valence-corrected chi connectivity index (χ4v) is 2.19. The number of hydrogen-bond acceptors (Lipinski definition) is 5. The predicted octanol–water partition coefficient (Wildman–Crippen LogP) is 2.39. The van der Waals surface area contributed by atoms with Gasteiger partial charge in [-0.15, -0.1) is 0 Å². The monoisotopic (exact) mass is 314 g/mol. The molecule has 0 unspecified atom stereocenters. The summed E-state index contributed by atoms with van der Waals surface area (Å²) < 4.78 is 15.3. The summed E-state index contributed by atoms with van der Waals surface area (Å²) in [6.45, 7) is 0. The smallest absolute Gasteiger partial charge is 0.417 e. The highest BCUT2D eigenvalue weighted by Crippen LogP contribution is 2.29.